The molecule has 0 atom stereocenters. The number of urea groups is 1. The van der Waals surface area contributed by atoms with Crippen LogP contribution in [0.2, 0.25) is 0 Å². The van der Waals surface area contributed by atoms with Crippen molar-refractivity contribution >= 4 is 17.7 Å². The number of nitrogens with zero attached hydrogens (tertiary/aromatic N) is 2. The van der Waals surface area contributed by atoms with E-state index in [1.165, 1.54) is 12.3 Å². The highest BCUT2D eigenvalue weighted by atomic mass is 19.1. The van der Waals surface area contributed by atoms with E-state index >= 15 is 0 Å². The largest absolute Gasteiger partial charge is 0.459 e. The van der Waals surface area contributed by atoms with E-state index in [2.05, 4.69) is 15.5 Å². The monoisotopic (exact) mass is 306 g/mol. The summed E-state index contributed by atoms with van der Waals surface area (Å²) in [6.07, 6.45) is 1.42. The van der Waals surface area contributed by atoms with Gasteiger partial charge in [-0.1, -0.05) is 11.2 Å². The van der Waals surface area contributed by atoms with Gasteiger partial charge in [0.05, 0.1) is 6.26 Å². The summed E-state index contributed by atoms with van der Waals surface area (Å²) in [5.74, 6) is -1.44. The summed E-state index contributed by atoms with van der Waals surface area (Å²) in [6, 6.07) is 5.24. The van der Waals surface area contributed by atoms with E-state index in [1.54, 1.807) is 12.1 Å². The van der Waals surface area contributed by atoms with Gasteiger partial charge in [-0.3, -0.25) is 5.32 Å². The zero-order chi connectivity index (χ0) is 15.5. The van der Waals surface area contributed by atoms with Crippen LogP contribution in [0.15, 0.2) is 45.4 Å². The molecule has 1 aromatic carbocycles. The summed E-state index contributed by atoms with van der Waals surface area (Å²) in [6.45, 7) is 0. The summed E-state index contributed by atoms with van der Waals surface area (Å²) in [7, 11) is 0. The molecule has 0 bridgehead atoms. The van der Waals surface area contributed by atoms with Crippen molar-refractivity contribution in [3.05, 3.63) is 48.2 Å². The van der Waals surface area contributed by atoms with Gasteiger partial charge in [-0.05, 0) is 24.3 Å². The zero-order valence-corrected chi connectivity index (χ0v) is 10.8. The number of nitrogens with one attached hydrogen (secondary N) is 2. The van der Waals surface area contributed by atoms with Gasteiger partial charge in [0.15, 0.2) is 5.76 Å². The molecule has 2 heterocycles. The highest BCUT2D eigenvalue weighted by Crippen LogP contribution is 2.21. The Bertz CT molecular complexity index is 781. The van der Waals surface area contributed by atoms with Crippen molar-refractivity contribution in [2.45, 2.75) is 0 Å². The molecule has 0 saturated carbocycles. The maximum absolute atomic E-state index is 13.4. The minimum Gasteiger partial charge on any atom is -0.459 e. The Morgan fingerprint density at radius 2 is 1.82 bits per heavy atom. The molecule has 7 nitrogen and oxygen atoms in total. The molecule has 2 amide bonds. The van der Waals surface area contributed by atoms with Gasteiger partial charge in [0, 0.05) is 0 Å². The number of aromatic nitrogens is 2. The molecule has 2 aromatic heterocycles. The van der Waals surface area contributed by atoms with Crippen molar-refractivity contribution in [1.82, 2.24) is 10.2 Å². The van der Waals surface area contributed by atoms with Crippen molar-refractivity contribution in [3.63, 3.8) is 0 Å². The fourth-order valence-electron chi connectivity index (χ4n) is 1.63. The van der Waals surface area contributed by atoms with Gasteiger partial charge < -0.3 is 14.2 Å². The molecule has 0 saturated heterocycles. The SMILES string of the molecule is O=C(Nc1nnc(-c2ccco2)o1)Nc1c(F)cccc1F. The molecule has 0 radical (unpaired) electrons. The number of hydrogen-bond acceptors (Lipinski definition) is 5. The van der Waals surface area contributed by atoms with Crippen LogP contribution in [0.1, 0.15) is 0 Å². The van der Waals surface area contributed by atoms with Crippen LogP contribution in [0.25, 0.3) is 11.7 Å². The van der Waals surface area contributed by atoms with Gasteiger partial charge in [0.25, 0.3) is 5.89 Å². The van der Waals surface area contributed by atoms with Crippen LogP contribution in [-0.2, 0) is 0 Å². The van der Waals surface area contributed by atoms with Crippen molar-refractivity contribution in [3.8, 4) is 11.7 Å². The van der Waals surface area contributed by atoms with E-state index in [9.17, 15) is 13.6 Å². The topological polar surface area (TPSA) is 93.2 Å². The predicted octanol–water partition coefficient (Wildman–Crippen LogP) is 3.25. The number of furan rings is 1. The van der Waals surface area contributed by atoms with Crippen LogP contribution in [0, 0.1) is 11.6 Å². The smallest absolute Gasteiger partial charge is 0.327 e. The first-order chi connectivity index (χ1) is 10.6. The summed E-state index contributed by atoms with van der Waals surface area (Å²) in [5.41, 5.74) is -0.578. The van der Waals surface area contributed by atoms with Crippen LogP contribution in [0.3, 0.4) is 0 Å². The van der Waals surface area contributed by atoms with Crippen molar-refractivity contribution in [2.24, 2.45) is 0 Å². The second kappa shape index (κ2) is 5.64. The number of carbonyl (C=O) groups is 1. The molecular weight excluding hydrogens is 298 g/mol. The molecule has 22 heavy (non-hydrogen) atoms. The molecule has 0 aliphatic heterocycles. The Morgan fingerprint density at radius 1 is 1.05 bits per heavy atom. The first-order valence-corrected chi connectivity index (χ1v) is 6.03. The Labute approximate surface area is 121 Å². The minimum atomic E-state index is -0.932. The molecule has 0 unspecified atom stereocenters. The minimum absolute atomic E-state index is 0.0531. The molecule has 2 N–H and O–H groups in total. The summed E-state index contributed by atoms with van der Waals surface area (Å²) < 4.78 is 36.9. The van der Waals surface area contributed by atoms with E-state index in [-0.39, 0.29) is 11.9 Å². The fourth-order valence-corrected chi connectivity index (χ4v) is 1.63. The highest BCUT2D eigenvalue weighted by molar-refractivity contribution is 5.98. The fraction of sp³-hybridized carbons (Fsp3) is 0. The Hall–Kier alpha value is -3.23. The molecule has 3 rings (SSSR count). The van der Waals surface area contributed by atoms with Crippen molar-refractivity contribution < 1.29 is 22.4 Å². The molecule has 0 aliphatic carbocycles. The number of carbonyl (C=O) groups excluding carboxylic acids is 1. The molecule has 0 aliphatic rings. The Kier molecular flexibility index (Phi) is 3.52. The Morgan fingerprint density at radius 3 is 2.50 bits per heavy atom. The highest BCUT2D eigenvalue weighted by Gasteiger charge is 2.15. The molecule has 0 fully saturated rings. The number of hydrogen-bond donors (Lipinski definition) is 2. The lowest BCUT2D eigenvalue weighted by molar-refractivity contribution is 0.261. The number of rotatable bonds is 3. The summed E-state index contributed by atoms with van der Waals surface area (Å²) >= 11 is 0. The lowest BCUT2D eigenvalue weighted by Crippen LogP contribution is -2.21. The average molecular weight is 306 g/mol. The van der Waals surface area contributed by atoms with Gasteiger partial charge in [-0.15, -0.1) is 5.10 Å². The molecule has 3 aromatic rings. The number of halogens is 2. The van der Waals surface area contributed by atoms with Gasteiger partial charge in [-0.2, -0.15) is 0 Å². The third-order valence-corrected chi connectivity index (χ3v) is 2.58. The maximum atomic E-state index is 13.4. The third-order valence-electron chi connectivity index (χ3n) is 2.58. The van der Waals surface area contributed by atoms with E-state index in [0.717, 1.165) is 12.1 Å². The average Bonchev–Trinajstić information content (AvgIpc) is 3.13. The summed E-state index contributed by atoms with van der Waals surface area (Å²) in [4.78, 5) is 11.7. The normalized spacial score (nSPS) is 10.5. The quantitative estimate of drug-likeness (QED) is 0.774. The second-order valence-corrected chi connectivity index (χ2v) is 4.07. The van der Waals surface area contributed by atoms with Gasteiger partial charge >= 0.3 is 12.0 Å². The van der Waals surface area contributed by atoms with E-state index in [1.807, 2.05) is 5.32 Å². The van der Waals surface area contributed by atoms with Crippen LogP contribution in [0.5, 0.6) is 0 Å². The van der Waals surface area contributed by atoms with Crippen LogP contribution < -0.4 is 10.6 Å². The third kappa shape index (κ3) is 2.77. The number of para-hydroxylation sites is 1. The van der Waals surface area contributed by atoms with Crippen LogP contribution in [-0.4, -0.2) is 16.2 Å². The van der Waals surface area contributed by atoms with Crippen LogP contribution >= 0.6 is 0 Å². The van der Waals surface area contributed by atoms with Gasteiger partial charge in [-0.25, -0.2) is 13.6 Å². The molecule has 0 spiro atoms. The van der Waals surface area contributed by atoms with Gasteiger partial charge in [0.2, 0.25) is 0 Å². The van der Waals surface area contributed by atoms with Crippen molar-refractivity contribution in [1.29, 1.82) is 0 Å². The van der Waals surface area contributed by atoms with E-state index in [0.29, 0.717) is 5.76 Å². The number of benzene rings is 1. The maximum Gasteiger partial charge on any atom is 0.327 e. The second-order valence-electron chi connectivity index (χ2n) is 4.07. The molecular formula is C13H8F2N4O3. The standard InChI is InChI=1S/C13H8F2N4O3/c14-7-3-1-4-8(15)10(7)16-12(20)17-13-19-18-11(22-13)9-5-2-6-21-9/h1-6H,(H2,16,17,19,20). The first kappa shape index (κ1) is 13.7. The first-order valence-electron chi connectivity index (χ1n) is 6.03. The van der Waals surface area contributed by atoms with Crippen LogP contribution in [0.4, 0.5) is 25.3 Å². The summed E-state index contributed by atoms with van der Waals surface area (Å²) in [5, 5.41) is 11.4. The molecule has 112 valence electrons. The lowest BCUT2D eigenvalue weighted by Gasteiger charge is -2.06. The lowest BCUT2D eigenvalue weighted by atomic mass is 10.3. The number of amides is 2. The zero-order valence-electron chi connectivity index (χ0n) is 10.8. The Balaban J connectivity index is 1.70. The molecule has 9 heteroatoms. The predicted molar refractivity (Wildman–Crippen MR) is 71.0 cm³/mol. The number of anilines is 2. The van der Waals surface area contributed by atoms with Gasteiger partial charge in [0.1, 0.15) is 17.3 Å². The van der Waals surface area contributed by atoms with E-state index < -0.39 is 23.4 Å². The van der Waals surface area contributed by atoms with E-state index in [4.69, 9.17) is 8.83 Å². The van der Waals surface area contributed by atoms with Crippen molar-refractivity contribution in [2.75, 3.05) is 10.6 Å².